The minimum absolute atomic E-state index is 0.280. The summed E-state index contributed by atoms with van der Waals surface area (Å²) in [4.78, 5) is 11.9. The van der Waals surface area contributed by atoms with Gasteiger partial charge in [0.2, 0.25) is 0 Å². The number of rotatable bonds is 3. The monoisotopic (exact) mass is 229 g/mol. The Morgan fingerprint density at radius 3 is 2.76 bits per heavy atom. The zero-order valence-electron chi connectivity index (χ0n) is 9.99. The second kappa shape index (κ2) is 4.87. The zero-order valence-corrected chi connectivity index (χ0v) is 9.99. The van der Waals surface area contributed by atoms with Gasteiger partial charge in [0.15, 0.2) is 0 Å². The van der Waals surface area contributed by atoms with Gasteiger partial charge in [-0.25, -0.2) is 4.79 Å². The summed E-state index contributed by atoms with van der Waals surface area (Å²) in [5.41, 5.74) is 3.37. The smallest absolute Gasteiger partial charge is 0.340 e. The van der Waals surface area contributed by atoms with Gasteiger partial charge in [-0.2, -0.15) is 0 Å². The molecule has 88 valence electrons. The molecule has 3 nitrogen and oxygen atoms in total. The fourth-order valence-corrected chi connectivity index (χ4v) is 1.91. The topological polar surface area (TPSA) is 38.3 Å². The van der Waals surface area contributed by atoms with E-state index in [2.05, 4.69) is 5.32 Å². The van der Waals surface area contributed by atoms with Crippen LogP contribution >= 0.6 is 0 Å². The van der Waals surface area contributed by atoms with Gasteiger partial charge in [0.25, 0.3) is 0 Å². The molecule has 0 aliphatic heterocycles. The van der Waals surface area contributed by atoms with E-state index in [1.165, 1.54) is 0 Å². The lowest BCUT2D eigenvalue weighted by atomic mass is 10.1. The molecule has 0 aromatic heterocycles. The van der Waals surface area contributed by atoms with E-state index < -0.39 is 0 Å². The van der Waals surface area contributed by atoms with Crippen LogP contribution in [0.15, 0.2) is 36.4 Å². The lowest BCUT2D eigenvalue weighted by Crippen LogP contribution is -2.06. The number of hydrogen-bond donors (Lipinski definition) is 1. The summed E-state index contributed by atoms with van der Waals surface area (Å²) >= 11 is 0. The molecular weight excluding hydrogens is 214 g/mol. The Morgan fingerprint density at radius 1 is 1.29 bits per heavy atom. The van der Waals surface area contributed by atoms with Crippen LogP contribution in [-0.4, -0.2) is 19.6 Å². The van der Waals surface area contributed by atoms with Crippen LogP contribution in [0, 0.1) is 0 Å². The molecular formula is C14H15NO2. The van der Waals surface area contributed by atoms with Gasteiger partial charge in [0.05, 0.1) is 12.2 Å². The van der Waals surface area contributed by atoms with Crippen LogP contribution in [0.1, 0.15) is 17.3 Å². The maximum atomic E-state index is 11.9. The van der Waals surface area contributed by atoms with Crippen molar-refractivity contribution in [1.29, 1.82) is 0 Å². The average molecular weight is 229 g/mol. The molecule has 0 saturated heterocycles. The zero-order chi connectivity index (χ0) is 12.3. The fraction of sp³-hybridized carbons (Fsp3) is 0.214. The fourth-order valence-electron chi connectivity index (χ4n) is 1.91. The van der Waals surface area contributed by atoms with Crippen LogP contribution < -0.4 is 5.32 Å². The number of hydrogen-bond acceptors (Lipinski definition) is 3. The molecule has 0 fully saturated rings. The molecule has 2 aliphatic rings. The molecule has 0 bridgehead atoms. The Kier molecular flexibility index (Phi) is 3.28. The predicted octanol–water partition coefficient (Wildman–Crippen LogP) is 3.01. The standard InChI is InChI=1S/C14H15NO2/c1-3-17-14(16)13-11-8-6-4-5-7-10(11)9-12(13)15-2/h4-9,15H,3H2,1-2H3. The molecule has 0 amide bonds. The molecule has 0 spiro atoms. The van der Waals surface area contributed by atoms with Gasteiger partial charge in [0.1, 0.15) is 0 Å². The van der Waals surface area contributed by atoms with Crippen LogP contribution in [0.25, 0.3) is 11.1 Å². The van der Waals surface area contributed by atoms with Gasteiger partial charge in [0, 0.05) is 12.7 Å². The van der Waals surface area contributed by atoms with Gasteiger partial charge < -0.3 is 10.1 Å². The second-order valence-corrected chi connectivity index (χ2v) is 3.68. The van der Waals surface area contributed by atoms with E-state index in [-0.39, 0.29) is 5.97 Å². The predicted molar refractivity (Wildman–Crippen MR) is 68.6 cm³/mol. The first-order valence-electron chi connectivity index (χ1n) is 5.64. The third kappa shape index (κ3) is 2.09. The molecule has 0 saturated carbocycles. The molecule has 3 heteroatoms. The third-order valence-corrected chi connectivity index (χ3v) is 2.66. The van der Waals surface area contributed by atoms with Crippen molar-refractivity contribution in [2.75, 3.05) is 19.0 Å². The van der Waals surface area contributed by atoms with E-state index >= 15 is 0 Å². The van der Waals surface area contributed by atoms with Crippen molar-refractivity contribution in [3.63, 3.8) is 0 Å². The van der Waals surface area contributed by atoms with Crippen LogP contribution in [0.2, 0.25) is 0 Å². The van der Waals surface area contributed by atoms with Crippen LogP contribution in [-0.2, 0) is 4.74 Å². The summed E-state index contributed by atoms with van der Waals surface area (Å²) in [7, 11) is 1.80. The van der Waals surface area contributed by atoms with E-state index in [0.29, 0.717) is 12.2 Å². The van der Waals surface area contributed by atoms with E-state index in [1.54, 1.807) is 7.05 Å². The number of ether oxygens (including phenoxy) is 1. The Hall–Kier alpha value is -2.03. The maximum absolute atomic E-state index is 11.9. The number of anilines is 1. The molecule has 0 radical (unpaired) electrons. The van der Waals surface area contributed by atoms with Gasteiger partial charge in [-0.05, 0) is 24.1 Å². The van der Waals surface area contributed by atoms with Crippen molar-refractivity contribution in [2.45, 2.75) is 6.92 Å². The highest BCUT2D eigenvalue weighted by Crippen LogP contribution is 2.34. The SMILES string of the molecule is CCOC(=O)c1c(NC)cc2cccccc1-2. The lowest BCUT2D eigenvalue weighted by molar-refractivity contribution is 0.0529. The minimum atomic E-state index is -0.280. The molecule has 2 aliphatic carbocycles. The van der Waals surface area contributed by atoms with E-state index in [4.69, 9.17) is 4.74 Å². The number of carbonyl (C=O) groups excluding carboxylic acids is 1. The van der Waals surface area contributed by atoms with Gasteiger partial charge in [-0.1, -0.05) is 30.3 Å². The van der Waals surface area contributed by atoms with E-state index in [9.17, 15) is 4.79 Å². The van der Waals surface area contributed by atoms with Gasteiger partial charge in [-0.15, -0.1) is 0 Å². The maximum Gasteiger partial charge on any atom is 0.340 e. The van der Waals surface area contributed by atoms with Crippen LogP contribution in [0.5, 0.6) is 0 Å². The number of esters is 1. The third-order valence-electron chi connectivity index (χ3n) is 2.66. The molecule has 0 aromatic carbocycles. The number of nitrogens with one attached hydrogen (secondary N) is 1. The molecule has 0 unspecified atom stereocenters. The number of fused-ring (bicyclic) bond motifs is 1. The Balaban J connectivity index is 2.58. The summed E-state index contributed by atoms with van der Waals surface area (Å²) in [5.74, 6) is -0.280. The molecule has 0 aromatic rings. The van der Waals surface area contributed by atoms with E-state index in [1.807, 2.05) is 43.3 Å². The Labute approximate surface area is 101 Å². The van der Waals surface area contributed by atoms with E-state index in [0.717, 1.165) is 16.8 Å². The summed E-state index contributed by atoms with van der Waals surface area (Å²) in [6.07, 6.45) is 0. The largest absolute Gasteiger partial charge is 0.462 e. The normalized spacial score (nSPS) is 10.2. The average Bonchev–Trinajstić information content (AvgIpc) is 2.52. The first-order valence-corrected chi connectivity index (χ1v) is 5.64. The molecule has 0 heterocycles. The summed E-state index contributed by atoms with van der Waals surface area (Å²) in [5, 5.41) is 3.03. The summed E-state index contributed by atoms with van der Waals surface area (Å²) in [6.45, 7) is 2.19. The minimum Gasteiger partial charge on any atom is -0.462 e. The first-order chi connectivity index (χ1) is 8.27. The molecule has 1 N–H and O–H groups in total. The van der Waals surface area contributed by atoms with Gasteiger partial charge >= 0.3 is 5.97 Å². The highest BCUT2D eigenvalue weighted by atomic mass is 16.5. The van der Waals surface area contributed by atoms with Crippen LogP contribution in [0.3, 0.4) is 0 Å². The van der Waals surface area contributed by atoms with Crippen molar-refractivity contribution in [3.8, 4) is 11.1 Å². The molecule has 17 heavy (non-hydrogen) atoms. The van der Waals surface area contributed by atoms with Crippen molar-refractivity contribution in [1.82, 2.24) is 0 Å². The number of carbonyl (C=O) groups is 1. The van der Waals surface area contributed by atoms with Crippen LogP contribution in [0.4, 0.5) is 5.69 Å². The highest BCUT2D eigenvalue weighted by molar-refractivity contribution is 6.05. The van der Waals surface area contributed by atoms with Gasteiger partial charge in [-0.3, -0.25) is 0 Å². The van der Waals surface area contributed by atoms with Crippen molar-refractivity contribution >= 4 is 11.7 Å². The van der Waals surface area contributed by atoms with Crippen molar-refractivity contribution in [2.24, 2.45) is 0 Å². The highest BCUT2D eigenvalue weighted by Gasteiger charge is 2.21. The second-order valence-electron chi connectivity index (χ2n) is 3.68. The molecule has 0 atom stereocenters. The van der Waals surface area contributed by atoms with Crippen molar-refractivity contribution in [3.05, 3.63) is 42.0 Å². The lowest BCUT2D eigenvalue weighted by Gasteiger charge is -2.04. The first kappa shape index (κ1) is 11.5. The van der Waals surface area contributed by atoms with Crippen molar-refractivity contribution < 1.29 is 9.53 Å². The molecule has 2 rings (SSSR count). The summed E-state index contributed by atoms with van der Waals surface area (Å²) < 4.78 is 5.09. The quantitative estimate of drug-likeness (QED) is 0.822. The summed E-state index contributed by atoms with van der Waals surface area (Å²) in [6, 6.07) is 11.7. The Bertz CT molecular complexity index is 508. The Morgan fingerprint density at radius 2 is 2.06 bits per heavy atom.